The molecule has 0 aliphatic carbocycles. The maximum Gasteiger partial charge on any atom is 0.228 e. The molecule has 0 saturated carbocycles. The van der Waals surface area contributed by atoms with Crippen LogP contribution < -0.4 is 10.5 Å². The van der Waals surface area contributed by atoms with E-state index in [2.05, 4.69) is 0 Å². The maximum atomic E-state index is 12.3. The molecule has 0 aliphatic heterocycles. The van der Waals surface area contributed by atoms with Crippen molar-refractivity contribution in [1.29, 1.82) is 0 Å². The lowest BCUT2D eigenvalue weighted by Gasteiger charge is -2.00. The molecule has 3 rings (SSSR count). The second-order valence-corrected chi connectivity index (χ2v) is 4.47. The van der Waals surface area contributed by atoms with E-state index in [9.17, 15) is 4.79 Å². The fourth-order valence-electron chi connectivity index (χ4n) is 2.06. The Labute approximate surface area is 115 Å². The van der Waals surface area contributed by atoms with Crippen LogP contribution >= 0.6 is 0 Å². The van der Waals surface area contributed by atoms with Crippen LogP contribution in [0.15, 0.2) is 52.9 Å². The van der Waals surface area contributed by atoms with Gasteiger partial charge in [-0.05, 0) is 48.5 Å². The van der Waals surface area contributed by atoms with Crippen molar-refractivity contribution < 1.29 is 13.9 Å². The van der Waals surface area contributed by atoms with Crippen molar-refractivity contribution in [2.24, 2.45) is 0 Å². The van der Waals surface area contributed by atoms with Gasteiger partial charge in [0.25, 0.3) is 0 Å². The molecule has 100 valence electrons. The Morgan fingerprint density at radius 2 is 1.85 bits per heavy atom. The Kier molecular flexibility index (Phi) is 2.91. The van der Waals surface area contributed by atoms with Crippen LogP contribution in [0.2, 0.25) is 0 Å². The molecule has 20 heavy (non-hydrogen) atoms. The van der Waals surface area contributed by atoms with E-state index in [0.29, 0.717) is 28.3 Å². The summed E-state index contributed by atoms with van der Waals surface area (Å²) in [5.41, 5.74) is 7.56. The topological polar surface area (TPSA) is 65.5 Å². The lowest BCUT2D eigenvalue weighted by Crippen LogP contribution is -1.99. The molecule has 0 fully saturated rings. The van der Waals surface area contributed by atoms with Crippen molar-refractivity contribution in [3.8, 4) is 5.75 Å². The van der Waals surface area contributed by atoms with E-state index in [1.54, 1.807) is 55.6 Å². The van der Waals surface area contributed by atoms with E-state index < -0.39 is 0 Å². The van der Waals surface area contributed by atoms with Gasteiger partial charge in [-0.3, -0.25) is 4.79 Å². The molecule has 0 amide bonds. The third-order valence-electron chi connectivity index (χ3n) is 3.12. The van der Waals surface area contributed by atoms with Crippen LogP contribution in [-0.4, -0.2) is 12.9 Å². The number of ether oxygens (including phenoxy) is 1. The summed E-state index contributed by atoms with van der Waals surface area (Å²) in [4.78, 5) is 12.3. The fourth-order valence-corrected chi connectivity index (χ4v) is 2.06. The molecule has 2 aromatic carbocycles. The van der Waals surface area contributed by atoms with Crippen LogP contribution in [0, 0.1) is 0 Å². The number of hydrogen-bond donors (Lipinski definition) is 1. The minimum absolute atomic E-state index is 0.164. The van der Waals surface area contributed by atoms with Crippen LogP contribution in [0.5, 0.6) is 5.75 Å². The molecule has 0 aliphatic rings. The van der Waals surface area contributed by atoms with Gasteiger partial charge >= 0.3 is 0 Å². The first-order chi connectivity index (χ1) is 9.67. The molecule has 0 saturated heterocycles. The number of carbonyl (C=O) groups is 1. The monoisotopic (exact) mass is 267 g/mol. The highest BCUT2D eigenvalue weighted by atomic mass is 16.5. The highest BCUT2D eigenvalue weighted by Gasteiger charge is 2.14. The lowest BCUT2D eigenvalue weighted by molar-refractivity contribution is 0.101. The smallest absolute Gasteiger partial charge is 0.228 e. The van der Waals surface area contributed by atoms with Crippen LogP contribution in [0.3, 0.4) is 0 Å². The predicted octanol–water partition coefficient (Wildman–Crippen LogP) is 3.25. The minimum atomic E-state index is -0.164. The quantitative estimate of drug-likeness (QED) is 0.584. The third kappa shape index (κ3) is 2.12. The summed E-state index contributed by atoms with van der Waals surface area (Å²) >= 11 is 0. The Morgan fingerprint density at radius 3 is 2.55 bits per heavy atom. The highest BCUT2D eigenvalue weighted by molar-refractivity contribution is 6.09. The molecule has 0 spiro atoms. The van der Waals surface area contributed by atoms with Crippen LogP contribution in [0.1, 0.15) is 16.1 Å². The Hall–Kier alpha value is -2.75. The lowest BCUT2D eigenvalue weighted by atomic mass is 10.1. The van der Waals surface area contributed by atoms with E-state index in [4.69, 9.17) is 14.9 Å². The minimum Gasteiger partial charge on any atom is -0.497 e. The molecule has 4 nitrogen and oxygen atoms in total. The maximum absolute atomic E-state index is 12.3. The van der Waals surface area contributed by atoms with Gasteiger partial charge in [-0.25, -0.2) is 0 Å². The van der Waals surface area contributed by atoms with Crippen molar-refractivity contribution in [3.05, 3.63) is 59.9 Å². The molecule has 0 unspecified atom stereocenters. The summed E-state index contributed by atoms with van der Waals surface area (Å²) in [6.07, 6.45) is 0. The Morgan fingerprint density at radius 1 is 1.10 bits per heavy atom. The van der Waals surface area contributed by atoms with Crippen LogP contribution in [-0.2, 0) is 0 Å². The van der Waals surface area contributed by atoms with Gasteiger partial charge in [0.2, 0.25) is 5.78 Å². The number of fused-ring (bicyclic) bond motifs is 1. The summed E-state index contributed by atoms with van der Waals surface area (Å²) in [7, 11) is 1.58. The van der Waals surface area contributed by atoms with Crippen molar-refractivity contribution >= 4 is 22.4 Å². The normalized spacial score (nSPS) is 10.7. The van der Waals surface area contributed by atoms with E-state index >= 15 is 0 Å². The summed E-state index contributed by atoms with van der Waals surface area (Å²) in [6.45, 7) is 0. The zero-order valence-electron chi connectivity index (χ0n) is 10.9. The molecular formula is C16H13NO3. The van der Waals surface area contributed by atoms with Gasteiger partial charge in [-0.2, -0.15) is 0 Å². The second kappa shape index (κ2) is 4.74. The molecular weight excluding hydrogens is 254 g/mol. The molecule has 3 aromatic rings. The first kappa shape index (κ1) is 12.3. The zero-order chi connectivity index (χ0) is 14.1. The standard InChI is InChI=1S/C16H13NO3/c1-19-13-5-2-10(3-6-13)16(18)15-9-11-8-12(17)4-7-14(11)20-15/h2-9H,17H2,1H3. The van der Waals surface area contributed by atoms with Crippen LogP contribution in [0.4, 0.5) is 5.69 Å². The number of ketones is 1. The number of anilines is 1. The van der Waals surface area contributed by atoms with E-state index in [1.165, 1.54) is 0 Å². The van der Waals surface area contributed by atoms with Gasteiger partial charge in [-0.15, -0.1) is 0 Å². The molecule has 1 aromatic heterocycles. The van der Waals surface area contributed by atoms with Crippen molar-refractivity contribution in [3.63, 3.8) is 0 Å². The molecule has 2 N–H and O–H groups in total. The van der Waals surface area contributed by atoms with Gasteiger partial charge in [0.05, 0.1) is 7.11 Å². The molecule has 0 radical (unpaired) electrons. The predicted molar refractivity (Wildman–Crippen MR) is 77.1 cm³/mol. The third-order valence-corrected chi connectivity index (χ3v) is 3.12. The largest absolute Gasteiger partial charge is 0.497 e. The number of rotatable bonds is 3. The van der Waals surface area contributed by atoms with Gasteiger partial charge in [0.15, 0.2) is 5.76 Å². The van der Waals surface area contributed by atoms with E-state index in [0.717, 1.165) is 5.39 Å². The molecule has 1 heterocycles. The first-order valence-corrected chi connectivity index (χ1v) is 6.15. The number of carbonyl (C=O) groups excluding carboxylic acids is 1. The number of methoxy groups -OCH3 is 1. The van der Waals surface area contributed by atoms with E-state index in [-0.39, 0.29) is 5.78 Å². The zero-order valence-corrected chi connectivity index (χ0v) is 10.9. The molecule has 4 heteroatoms. The van der Waals surface area contributed by atoms with E-state index in [1.807, 2.05) is 0 Å². The summed E-state index contributed by atoms with van der Waals surface area (Å²) in [6, 6.07) is 13.9. The fraction of sp³-hybridized carbons (Fsp3) is 0.0625. The van der Waals surface area contributed by atoms with Gasteiger partial charge in [-0.1, -0.05) is 0 Å². The summed E-state index contributed by atoms with van der Waals surface area (Å²) in [5.74, 6) is 0.845. The molecule has 0 bridgehead atoms. The van der Waals surface area contributed by atoms with Crippen molar-refractivity contribution in [1.82, 2.24) is 0 Å². The van der Waals surface area contributed by atoms with Crippen LogP contribution in [0.25, 0.3) is 11.0 Å². The van der Waals surface area contributed by atoms with Gasteiger partial charge in [0.1, 0.15) is 11.3 Å². The number of nitrogens with two attached hydrogens (primary N) is 1. The Balaban J connectivity index is 1.98. The number of benzene rings is 2. The summed E-state index contributed by atoms with van der Waals surface area (Å²) < 4.78 is 10.6. The number of furan rings is 1. The molecule has 0 atom stereocenters. The van der Waals surface area contributed by atoms with Gasteiger partial charge < -0.3 is 14.9 Å². The average Bonchev–Trinajstić information content (AvgIpc) is 2.89. The second-order valence-electron chi connectivity index (χ2n) is 4.47. The Bertz CT molecular complexity index is 772. The van der Waals surface area contributed by atoms with Gasteiger partial charge in [0, 0.05) is 16.6 Å². The van der Waals surface area contributed by atoms with Crippen molar-refractivity contribution in [2.75, 3.05) is 12.8 Å². The SMILES string of the molecule is COc1ccc(C(=O)c2cc3cc(N)ccc3o2)cc1. The average molecular weight is 267 g/mol. The first-order valence-electron chi connectivity index (χ1n) is 6.15. The highest BCUT2D eigenvalue weighted by Crippen LogP contribution is 2.24. The number of hydrogen-bond acceptors (Lipinski definition) is 4. The van der Waals surface area contributed by atoms with Crippen molar-refractivity contribution in [2.45, 2.75) is 0 Å². The number of nitrogen functional groups attached to an aromatic ring is 1. The summed E-state index contributed by atoms with van der Waals surface area (Å²) in [5, 5.41) is 0.821.